The third-order valence-corrected chi connectivity index (χ3v) is 4.43. The number of nitrogens with one attached hydrogen (secondary N) is 1. The molecule has 1 aliphatic rings. The van der Waals surface area contributed by atoms with E-state index in [0.29, 0.717) is 13.1 Å². The van der Waals surface area contributed by atoms with Crippen LogP contribution in [0.1, 0.15) is 12.8 Å². The Kier molecular flexibility index (Phi) is 4.52. The fourth-order valence-corrected chi connectivity index (χ4v) is 3.04. The third-order valence-electron chi connectivity index (χ3n) is 3.53. The highest BCUT2D eigenvalue weighted by Crippen LogP contribution is 2.22. The normalized spacial score (nSPS) is 14.5. The van der Waals surface area contributed by atoms with Gasteiger partial charge in [-0.1, -0.05) is 6.07 Å². The van der Waals surface area contributed by atoms with Gasteiger partial charge in [-0.05, 0) is 17.5 Å². The molecule has 1 N–H and O–H groups in total. The molecule has 1 aliphatic heterocycles. The molecule has 2 aromatic heterocycles. The maximum atomic E-state index is 11.8. The van der Waals surface area contributed by atoms with Gasteiger partial charge in [0.25, 0.3) is 0 Å². The van der Waals surface area contributed by atoms with Crippen molar-refractivity contribution < 1.29 is 14.4 Å². The second-order valence-corrected chi connectivity index (χ2v) is 6.11. The van der Waals surface area contributed by atoms with E-state index in [2.05, 4.69) is 10.4 Å². The Morgan fingerprint density at radius 3 is 2.74 bits per heavy atom. The van der Waals surface area contributed by atoms with Crippen molar-refractivity contribution in [3.8, 4) is 10.6 Å². The SMILES string of the molecule is O=C(CN1C(=O)CCC1=O)NCCn1ccc(-c2cccs2)n1. The van der Waals surface area contributed by atoms with Gasteiger partial charge in [0.05, 0.1) is 11.4 Å². The average molecular weight is 332 g/mol. The molecule has 7 nitrogen and oxygen atoms in total. The number of hydrogen-bond acceptors (Lipinski definition) is 5. The highest BCUT2D eigenvalue weighted by atomic mass is 32.1. The number of carbonyl (C=O) groups is 3. The quantitative estimate of drug-likeness (QED) is 0.796. The number of imide groups is 1. The number of thiophene rings is 1. The molecule has 3 rings (SSSR count). The van der Waals surface area contributed by atoms with Crippen LogP contribution < -0.4 is 5.32 Å². The van der Waals surface area contributed by atoms with Gasteiger partial charge < -0.3 is 5.32 Å². The number of carbonyl (C=O) groups excluding carboxylic acids is 3. The smallest absolute Gasteiger partial charge is 0.240 e. The van der Waals surface area contributed by atoms with Crippen molar-refractivity contribution in [2.24, 2.45) is 0 Å². The predicted molar refractivity (Wildman–Crippen MR) is 84.5 cm³/mol. The molecule has 23 heavy (non-hydrogen) atoms. The maximum absolute atomic E-state index is 11.8. The summed E-state index contributed by atoms with van der Waals surface area (Å²) in [6, 6.07) is 5.90. The molecule has 0 aromatic carbocycles. The highest BCUT2D eigenvalue weighted by Gasteiger charge is 2.30. The number of rotatable bonds is 6. The van der Waals surface area contributed by atoms with Gasteiger partial charge in [0.15, 0.2) is 0 Å². The van der Waals surface area contributed by atoms with Crippen LogP contribution in [0.4, 0.5) is 0 Å². The molecule has 0 radical (unpaired) electrons. The van der Waals surface area contributed by atoms with Crippen molar-refractivity contribution in [1.29, 1.82) is 0 Å². The average Bonchev–Trinajstić information content (AvgIpc) is 3.25. The van der Waals surface area contributed by atoms with Crippen molar-refractivity contribution in [3.63, 3.8) is 0 Å². The monoisotopic (exact) mass is 332 g/mol. The largest absolute Gasteiger partial charge is 0.353 e. The fourth-order valence-electron chi connectivity index (χ4n) is 2.35. The number of hydrogen-bond donors (Lipinski definition) is 1. The van der Waals surface area contributed by atoms with Crippen LogP contribution in [0.5, 0.6) is 0 Å². The van der Waals surface area contributed by atoms with Crippen molar-refractivity contribution in [2.45, 2.75) is 19.4 Å². The molecule has 120 valence electrons. The minimum absolute atomic E-state index is 0.197. The van der Waals surface area contributed by atoms with Crippen LogP contribution in [0.3, 0.4) is 0 Å². The highest BCUT2D eigenvalue weighted by molar-refractivity contribution is 7.13. The molecule has 8 heteroatoms. The number of aromatic nitrogens is 2. The summed E-state index contributed by atoms with van der Waals surface area (Å²) in [6.45, 7) is 0.719. The van der Waals surface area contributed by atoms with Gasteiger partial charge in [-0.2, -0.15) is 5.10 Å². The molecule has 2 aromatic rings. The van der Waals surface area contributed by atoms with Crippen LogP contribution in [0.15, 0.2) is 29.8 Å². The number of likely N-dealkylation sites (tertiary alicyclic amines) is 1. The van der Waals surface area contributed by atoms with Crippen LogP contribution >= 0.6 is 11.3 Å². The lowest BCUT2D eigenvalue weighted by atomic mass is 10.3. The topological polar surface area (TPSA) is 84.3 Å². The van der Waals surface area contributed by atoms with Gasteiger partial charge >= 0.3 is 0 Å². The Balaban J connectivity index is 1.45. The second-order valence-electron chi connectivity index (χ2n) is 5.16. The first-order chi connectivity index (χ1) is 11.1. The summed E-state index contributed by atoms with van der Waals surface area (Å²) in [5.41, 5.74) is 0.902. The molecular weight excluding hydrogens is 316 g/mol. The van der Waals surface area contributed by atoms with Gasteiger partial charge in [-0.15, -0.1) is 11.3 Å². The standard InChI is InChI=1S/C15H16N4O3S/c20-13(10-19-14(21)3-4-15(19)22)16-6-8-18-7-5-11(17-18)12-2-1-9-23-12/h1-2,5,7,9H,3-4,6,8,10H2,(H,16,20). The van der Waals surface area contributed by atoms with Gasteiger partial charge in [0, 0.05) is 25.6 Å². The van der Waals surface area contributed by atoms with Crippen molar-refractivity contribution in [3.05, 3.63) is 29.8 Å². The van der Waals surface area contributed by atoms with Crippen LogP contribution in [-0.2, 0) is 20.9 Å². The summed E-state index contributed by atoms with van der Waals surface area (Å²) in [7, 11) is 0. The molecule has 3 amide bonds. The zero-order valence-corrected chi connectivity index (χ0v) is 13.2. The minimum atomic E-state index is -0.334. The summed E-state index contributed by atoms with van der Waals surface area (Å²) >= 11 is 1.62. The Labute approximate surface area is 136 Å². The lowest BCUT2D eigenvalue weighted by molar-refractivity contribution is -0.142. The molecule has 0 unspecified atom stereocenters. The van der Waals surface area contributed by atoms with E-state index in [1.165, 1.54) is 0 Å². The Morgan fingerprint density at radius 2 is 2.04 bits per heavy atom. The zero-order chi connectivity index (χ0) is 16.2. The first-order valence-corrected chi connectivity index (χ1v) is 8.18. The van der Waals surface area contributed by atoms with E-state index in [0.717, 1.165) is 15.5 Å². The Hall–Kier alpha value is -2.48. The van der Waals surface area contributed by atoms with Gasteiger partial charge in [0.1, 0.15) is 12.2 Å². The summed E-state index contributed by atoms with van der Waals surface area (Å²) in [5, 5.41) is 9.13. The van der Waals surface area contributed by atoms with Crippen LogP contribution in [-0.4, -0.2) is 45.5 Å². The number of amides is 3. The van der Waals surface area contributed by atoms with Crippen LogP contribution in [0.2, 0.25) is 0 Å². The van der Waals surface area contributed by atoms with E-state index in [-0.39, 0.29) is 37.1 Å². The number of nitrogens with zero attached hydrogens (tertiary/aromatic N) is 3. The van der Waals surface area contributed by atoms with E-state index < -0.39 is 0 Å². The van der Waals surface area contributed by atoms with E-state index in [1.807, 2.05) is 29.8 Å². The van der Waals surface area contributed by atoms with E-state index in [4.69, 9.17) is 0 Å². The zero-order valence-electron chi connectivity index (χ0n) is 12.4. The molecule has 0 spiro atoms. The van der Waals surface area contributed by atoms with Gasteiger partial charge in [-0.25, -0.2) is 0 Å². The molecule has 1 saturated heterocycles. The van der Waals surface area contributed by atoms with Gasteiger partial charge in [-0.3, -0.25) is 24.0 Å². The van der Waals surface area contributed by atoms with Crippen LogP contribution in [0, 0.1) is 0 Å². The van der Waals surface area contributed by atoms with Crippen molar-refractivity contribution in [2.75, 3.05) is 13.1 Å². The molecular formula is C15H16N4O3S. The van der Waals surface area contributed by atoms with Crippen molar-refractivity contribution >= 4 is 29.1 Å². The van der Waals surface area contributed by atoms with E-state index in [9.17, 15) is 14.4 Å². The maximum Gasteiger partial charge on any atom is 0.240 e. The summed E-state index contributed by atoms with van der Waals surface area (Å²) < 4.78 is 1.75. The fraction of sp³-hybridized carbons (Fsp3) is 0.333. The molecule has 0 aliphatic carbocycles. The van der Waals surface area contributed by atoms with E-state index >= 15 is 0 Å². The van der Waals surface area contributed by atoms with Gasteiger partial charge in [0.2, 0.25) is 17.7 Å². The third kappa shape index (κ3) is 3.65. The molecule has 0 bridgehead atoms. The minimum Gasteiger partial charge on any atom is -0.353 e. The van der Waals surface area contributed by atoms with Crippen molar-refractivity contribution in [1.82, 2.24) is 20.0 Å². The molecule has 0 atom stereocenters. The van der Waals surface area contributed by atoms with Crippen LogP contribution in [0.25, 0.3) is 10.6 Å². The lowest BCUT2D eigenvalue weighted by Crippen LogP contribution is -2.40. The Bertz CT molecular complexity index is 707. The summed E-state index contributed by atoms with van der Waals surface area (Å²) in [4.78, 5) is 36.8. The van der Waals surface area contributed by atoms with E-state index in [1.54, 1.807) is 16.0 Å². The predicted octanol–water partition coefficient (Wildman–Crippen LogP) is 0.877. The molecule has 1 fully saturated rings. The lowest BCUT2D eigenvalue weighted by Gasteiger charge is -2.13. The second kappa shape index (κ2) is 6.74. The molecule has 0 saturated carbocycles. The molecule has 3 heterocycles. The summed E-state index contributed by atoms with van der Waals surface area (Å²) in [5.74, 6) is -0.894. The Morgan fingerprint density at radius 1 is 1.26 bits per heavy atom. The first-order valence-electron chi connectivity index (χ1n) is 7.31. The first kappa shape index (κ1) is 15.4. The summed E-state index contributed by atoms with van der Waals surface area (Å²) in [6.07, 6.45) is 2.25.